The quantitative estimate of drug-likeness (QED) is 0.405. The third kappa shape index (κ3) is 3.90. The number of hydroxylamine groups is 1. The lowest BCUT2D eigenvalue weighted by molar-refractivity contribution is -0.269. The van der Waals surface area contributed by atoms with Crippen molar-refractivity contribution in [3.05, 3.63) is 74.2 Å². The van der Waals surface area contributed by atoms with Crippen molar-refractivity contribution in [3.63, 3.8) is 0 Å². The Morgan fingerprint density at radius 2 is 1.67 bits per heavy atom. The van der Waals surface area contributed by atoms with Gasteiger partial charge in [-0.05, 0) is 29.3 Å². The fourth-order valence-corrected chi connectivity index (χ4v) is 4.54. The summed E-state index contributed by atoms with van der Waals surface area (Å²) in [5.74, 6) is 0. The minimum Gasteiger partial charge on any atom is -0.351 e. The van der Waals surface area contributed by atoms with Crippen molar-refractivity contribution in [1.82, 2.24) is 10.4 Å². The molecule has 1 unspecified atom stereocenters. The van der Waals surface area contributed by atoms with Crippen LogP contribution in [0.25, 0.3) is 5.70 Å². The zero-order valence-electron chi connectivity index (χ0n) is 16.6. The number of hydrogen-bond acceptors (Lipinski definition) is 3. The van der Waals surface area contributed by atoms with Gasteiger partial charge in [0.1, 0.15) is 6.67 Å². The number of urea groups is 1. The van der Waals surface area contributed by atoms with Crippen LogP contribution >= 0.6 is 34.8 Å². The number of nitrogens with one attached hydrogen (secondary N) is 1. The lowest BCUT2D eigenvalue weighted by atomic mass is 9.74. The Morgan fingerprint density at radius 1 is 1.09 bits per heavy atom. The van der Waals surface area contributed by atoms with E-state index in [9.17, 15) is 22.4 Å². The van der Waals surface area contributed by atoms with Crippen LogP contribution in [0, 0.1) is 0 Å². The highest BCUT2D eigenvalue weighted by Crippen LogP contribution is 2.49. The van der Waals surface area contributed by atoms with Crippen LogP contribution in [0.15, 0.2) is 42.5 Å². The van der Waals surface area contributed by atoms with E-state index in [-0.39, 0.29) is 39.4 Å². The van der Waals surface area contributed by atoms with E-state index in [2.05, 4.69) is 5.48 Å². The summed E-state index contributed by atoms with van der Waals surface area (Å²) < 4.78 is 56.2. The number of halogens is 7. The molecule has 4 rings (SSSR count). The van der Waals surface area contributed by atoms with E-state index >= 15 is 0 Å². The van der Waals surface area contributed by atoms with E-state index in [1.54, 1.807) is 12.1 Å². The maximum atomic E-state index is 14.2. The number of alkyl halides is 4. The van der Waals surface area contributed by atoms with Crippen molar-refractivity contribution in [2.45, 2.75) is 17.2 Å². The van der Waals surface area contributed by atoms with Crippen molar-refractivity contribution in [1.29, 1.82) is 0 Å². The molecular formula is C21H16Cl3F4N3O2. The summed E-state index contributed by atoms with van der Waals surface area (Å²) >= 11 is 17.8. The van der Waals surface area contributed by atoms with Crippen LogP contribution in [0.3, 0.4) is 0 Å². The van der Waals surface area contributed by atoms with E-state index in [1.165, 1.54) is 17.0 Å². The molecule has 176 valence electrons. The number of amides is 2. The molecule has 2 aliphatic heterocycles. The van der Waals surface area contributed by atoms with Crippen molar-refractivity contribution in [2.75, 3.05) is 19.8 Å². The molecule has 2 heterocycles. The molecule has 0 saturated carbocycles. The second-order valence-electron chi connectivity index (χ2n) is 7.94. The number of primary amides is 1. The number of carbonyl (C=O) groups excluding carboxylic acids is 1. The number of carbonyl (C=O) groups is 1. The van der Waals surface area contributed by atoms with Crippen molar-refractivity contribution in [3.8, 4) is 0 Å². The average Bonchev–Trinajstić information content (AvgIpc) is 3.18. The van der Waals surface area contributed by atoms with Crippen LogP contribution in [0.4, 0.5) is 22.4 Å². The van der Waals surface area contributed by atoms with Gasteiger partial charge in [-0.2, -0.15) is 13.2 Å². The van der Waals surface area contributed by atoms with Crippen LogP contribution < -0.4 is 11.2 Å². The summed E-state index contributed by atoms with van der Waals surface area (Å²) in [4.78, 5) is 17.6. The Balaban J connectivity index is 1.68. The second-order valence-corrected chi connectivity index (χ2v) is 9.13. The molecule has 1 fully saturated rings. The van der Waals surface area contributed by atoms with Gasteiger partial charge in [-0.15, -0.1) is 0 Å². The van der Waals surface area contributed by atoms with E-state index in [1.807, 2.05) is 0 Å². The lowest BCUT2D eigenvalue weighted by Gasteiger charge is -2.48. The standard InChI is InChI=1S/C21H16Cl3F4N3O2/c22-14-5-13(6-15(23)17(14)24)20(21(26,27)28)7-16(30-33-20)11-1-3-12(4-2-11)19(8-25)9-31(10-19)18(29)32/h1-7,30H,8-10H2,(H2,29,32). The molecule has 5 nitrogen and oxygen atoms in total. The van der Waals surface area contributed by atoms with Crippen LogP contribution in [0.2, 0.25) is 15.1 Å². The molecule has 0 spiro atoms. The SMILES string of the molecule is NC(=O)N1CC(CF)(c2ccc(C3=CC(c4cc(Cl)c(Cl)c(Cl)c4)(C(F)(F)F)ON3)cc2)C1. The lowest BCUT2D eigenvalue weighted by Crippen LogP contribution is -2.63. The molecule has 2 aliphatic rings. The van der Waals surface area contributed by atoms with Crippen LogP contribution in [0.1, 0.15) is 16.7 Å². The number of hydrogen-bond donors (Lipinski definition) is 2. The molecule has 0 radical (unpaired) electrons. The largest absolute Gasteiger partial charge is 0.428 e. The summed E-state index contributed by atoms with van der Waals surface area (Å²) in [6, 6.07) is 7.71. The summed E-state index contributed by atoms with van der Waals surface area (Å²) in [6.45, 7) is -0.468. The van der Waals surface area contributed by atoms with Crippen LogP contribution in [-0.2, 0) is 15.9 Å². The average molecular weight is 525 g/mol. The monoisotopic (exact) mass is 523 g/mol. The fourth-order valence-electron chi connectivity index (χ4n) is 3.94. The number of nitrogens with two attached hydrogens (primary N) is 1. The summed E-state index contributed by atoms with van der Waals surface area (Å²) in [5.41, 5.74) is 4.44. The van der Waals surface area contributed by atoms with Gasteiger partial charge in [0.15, 0.2) is 0 Å². The molecule has 1 saturated heterocycles. The van der Waals surface area contributed by atoms with E-state index in [4.69, 9.17) is 45.4 Å². The first kappa shape index (κ1) is 23.9. The van der Waals surface area contributed by atoms with Crippen LogP contribution in [-0.4, -0.2) is 36.9 Å². The molecule has 3 N–H and O–H groups in total. The maximum absolute atomic E-state index is 14.2. The van der Waals surface area contributed by atoms with Gasteiger partial charge in [-0.25, -0.2) is 9.18 Å². The van der Waals surface area contributed by atoms with Crippen molar-refractivity contribution < 1.29 is 27.2 Å². The first-order valence-corrected chi connectivity index (χ1v) is 10.7. The Labute approximate surface area is 201 Å². The predicted molar refractivity (Wildman–Crippen MR) is 117 cm³/mol. The molecule has 2 amide bonds. The van der Waals surface area contributed by atoms with Crippen LogP contribution in [0.5, 0.6) is 0 Å². The fraction of sp³-hybridized carbons (Fsp3) is 0.286. The van der Waals surface area contributed by atoms with Gasteiger partial charge in [-0.1, -0.05) is 59.1 Å². The highest BCUT2D eigenvalue weighted by molar-refractivity contribution is 6.48. The minimum atomic E-state index is -4.87. The van der Waals surface area contributed by atoms with Gasteiger partial charge < -0.3 is 10.6 Å². The maximum Gasteiger partial charge on any atom is 0.428 e. The van der Waals surface area contributed by atoms with E-state index in [0.29, 0.717) is 11.1 Å². The zero-order chi connectivity index (χ0) is 24.2. The van der Waals surface area contributed by atoms with E-state index in [0.717, 1.165) is 18.2 Å². The molecule has 33 heavy (non-hydrogen) atoms. The number of likely N-dealkylation sites (tertiary alicyclic amines) is 1. The number of benzene rings is 2. The highest BCUT2D eigenvalue weighted by Gasteiger charge is 2.60. The van der Waals surface area contributed by atoms with Crippen molar-refractivity contribution in [2.24, 2.45) is 5.73 Å². The molecule has 2 aromatic carbocycles. The Hall–Kier alpha value is -2.20. The number of rotatable bonds is 4. The summed E-state index contributed by atoms with van der Waals surface area (Å²) in [5, 5.41) is -0.378. The van der Waals surface area contributed by atoms with Gasteiger partial charge in [0.25, 0.3) is 0 Å². The third-order valence-corrected chi connectivity index (χ3v) is 7.06. The van der Waals surface area contributed by atoms with Gasteiger partial charge in [0.2, 0.25) is 5.60 Å². The smallest absolute Gasteiger partial charge is 0.351 e. The Bertz CT molecular complexity index is 1110. The minimum absolute atomic E-state index is 0.0442. The van der Waals surface area contributed by atoms with Gasteiger partial charge >= 0.3 is 12.2 Å². The molecule has 0 aromatic heterocycles. The normalized spacial score (nSPS) is 21.9. The molecule has 1 atom stereocenters. The third-order valence-electron chi connectivity index (χ3n) is 5.87. The molecule has 0 aliphatic carbocycles. The first-order chi connectivity index (χ1) is 15.4. The second kappa shape index (κ2) is 8.23. The highest BCUT2D eigenvalue weighted by atomic mass is 35.5. The molecule has 0 bridgehead atoms. The summed E-state index contributed by atoms with van der Waals surface area (Å²) in [6.07, 6.45) is -3.99. The van der Waals surface area contributed by atoms with Gasteiger partial charge in [-0.3, -0.25) is 10.3 Å². The number of nitrogens with zero attached hydrogens (tertiary/aromatic N) is 1. The van der Waals surface area contributed by atoms with E-state index < -0.39 is 29.9 Å². The topological polar surface area (TPSA) is 67.6 Å². The Morgan fingerprint density at radius 3 is 2.15 bits per heavy atom. The molecular weight excluding hydrogens is 509 g/mol. The molecule has 12 heteroatoms. The molecule has 2 aromatic rings. The van der Waals surface area contributed by atoms with Gasteiger partial charge in [0.05, 0.1) is 26.2 Å². The zero-order valence-corrected chi connectivity index (χ0v) is 18.9. The first-order valence-electron chi connectivity index (χ1n) is 9.52. The Kier molecular flexibility index (Phi) is 5.97. The van der Waals surface area contributed by atoms with Crippen molar-refractivity contribution >= 4 is 46.5 Å². The predicted octanol–water partition coefficient (Wildman–Crippen LogP) is 5.58. The summed E-state index contributed by atoms with van der Waals surface area (Å²) in [7, 11) is 0. The van der Waals surface area contributed by atoms with Gasteiger partial charge in [0, 0.05) is 18.7 Å².